The summed E-state index contributed by atoms with van der Waals surface area (Å²) in [6.07, 6.45) is 2.59. The Morgan fingerprint density at radius 3 is 2.68 bits per heavy atom. The summed E-state index contributed by atoms with van der Waals surface area (Å²) in [6, 6.07) is 9.28. The van der Waals surface area contributed by atoms with Gasteiger partial charge in [0.25, 0.3) is 0 Å². The summed E-state index contributed by atoms with van der Waals surface area (Å²) in [4.78, 5) is 0. The molecule has 1 saturated heterocycles. The summed E-state index contributed by atoms with van der Waals surface area (Å²) in [6.45, 7) is 1.30. The minimum atomic E-state index is -3.24. The molecule has 0 aliphatic carbocycles. The van der Waals surface area contributed by atoms with Crippen LogP contribution in [0.5, 0.6) is 0 Å². The molecule has 0 radical (unpaired) electrons. The topological polar surface area (TPSA) is 57.6 Å². The Kier molecular flexibility index (Phi) is 4.96. The van der Waals surface area contributed by atoms with E-state index >= 15 is 0 Å². The maximum Gasteiger partial charge on any atom is 0.218 e. The normalized spacial score (nSPS) is 21.4. The fourth-order valence-electron chi connectivity index (χ4n) is 2.57. The van der Waals surface area contributed by atoms with Gasteiger partial charge < -0.3 is 5.11 Å². The van der Waals surface area contributed by atoms with Crippen molar-refractivity contribution in [2.45, 2.75) is 25.0 Å². The Bertz CT molecular complexity index is 485. The van der Waals surface area contributed by atoms with Crippen LogP contribution in [-0.4, -0.2) is 37.5 Å². The van der Waals surface area contributed by atoms with E-state index in [0.29, 0.717) is 25.4 Å². The highest BCUT2D eigenvalue weighted by atomic mass is 32.2. The number of aliphatic hydroxyl groups is 1. The zero-order valence-electron chi connectivity index (χ0n) is 11.0. The summed E-state index contributed by atoms with van der Waals surface area (Å²) in [5.74, 6) is 0.365. The van der Waals surface area contributed by atoms with E-state index < -0.39 is 10.0 Å². The van der Waals surface area contributed by atoms with Crippen molar-refractivity contribution in [3.63, 3.8) is 0 Å². The fourth-order valence-corrected chi connectivity index (χ4v) is 4.22. The maximum absolute atomic E-state index is 12.4. The maximum atomic E-state index is 12.4. The van der Waals surface area contributed by atoms with E-state index in [1.807, 2.05) is 30.3 Å². The molecule has 4 nitrogen and oxygen atoms in total. The van der Waals surface area contributed by atoms with Gasteiger partial charge in [-0.15, -0.1) is 0 Å². The van der Waals surface area contributed by atoms with Crippen LogP contribution in [-0.2, 0) is 15.8 Å². The lowest BCUT2D eigenvalue weighted by Crippen LogP contribution is -2.40. The number of nitrogens with zero attached hydrogens (tertiary/aromatic N) is 1. The summed E-state index contributed by atoms with van der Waals surface area (Å²) in [7, 11) is -3.24. The highest BCUT2D eigenvalue weighted by Gasteiger charge is 2.28. The third-order valence-electron chi connectivity index (χ3n) is 3.60. The van der Waals surface area contributed by atoms with Crippen molar-refractivity contribution in [2.75, 3.05) is 19.7 Å². The number of hydrogen-bond acceptors (Lipinski definition) is 3. The van der Waals surface area contributed by atoms with Gasteiger partial charge in [-0.25, -0.2) is 12.7 Å². The van der Waals surface area contributed by atoms with E-state index in [1.165, 1.54) is 0 Å². The Balaban J connectivity index is 2.03. The molecule has 0 amide bonds. The van der Waals surface area contributed by atoms with Crippen LogP contribution in [0.1, 0.15) is 24.8 Å². The summed E-state index contributed by atoms with van der Waals surface area (Å²) < 4.78 is 26.3. The standard InChI is InChI=1S/C14H21NO3S/c16-10-8-13-7-4-9-15(11-13)19(17,18)12-14-5-2-1-3-6-14/h1-3,5-6,13,16H,4,7-12H2. The second-order valence-electron chi connectivity index (χ2n) is 5.12. The van der Waals surface area contributed by atoms with E-state index in [-0.39, 0.29) is 12.4 Å². The van der Waals surface area contributed by atoms with Crippen LogP contribution < -0.4 is 0 Å². The number of piperidine rings is 1. The van der Waals surface area contributed by atoms with Crippen molar-refractivity contribution < 1.29 is 13.5 Å². The second-order valence-corrected chi connectivity index (χ2v) is 7.09. The molecule has 0 bridgehead atoms. The Hall–Kier alpha value is -0.910. The molecule has 1 atom stereocenters. The monoisotopic (exact) mass is 283 g/mol. The van der Waals surface area contributed by atoms with Crippen LogP contribution in [0.15, 0.2) is 30.3 Å². The average molecular weight is 283 g/mol. The van der Waals surface area contributed by atoms with E-state index in [2.05, 4.69) is 0 Å². The largest absolute Gasteiger partial charge is 0.396 e. The third kappa shape index (κ3) is 4.03. The number of benzene rings is 1. The predicted octanol–water partition coefficient (Wildman–Crippen LogP) is 1.61. The molecule has 1 aliphatic rings. The van der Waals surface area contributed by atoms with Gasteiger partial charge in [-0.3, -0.25) is 0 Å². The van der Waals surface area contributed by atoms with E-state index in [0.717, 1.165) is 18.4 Å². The van der Waals surface area contributed by atoms with Crippen LogP contribution in [0.4, 0.5) is 0 Å². The number of rotatable bonds is 5. The molecule has 1 unspecified atom stereocenters. The summed E-state index contributed by atoms with van der Waals surface area (Å²) >= 11 is 0. The number of aliphatic hydroxyl groups excluding tert-OH is 1. The van der Waals surface area contributed by atoms with Crippen molar-refractivity contribution in [2.24, 2.45) is 5.92 Å². The minimum Gasteiger partial charge on any atom is -0.396 e. The van der Waals surface area contributed by atoms with Gasteiger partial charge in [-0.05, 0) is 30.7 Å². The van der Waals surface area contributed by atoms with Gasteiger partial charge in [-0.1, -0.05) is 30.3 Å². The lowest BCUT2D eigenvalue weighted by molar-refractivity contribution is 0.202. The number of hydrogen-bond donors (Lipinski definition) is 1. The van der Waals surface area contributed by atoms with Gasteiger partial charge in [0, 0.05) is 19.7 Å². The van der Waals surface area contributed by atoms with Crippen LogP contribution in [0.25, 0.3) is 0 Å². The molecule has 2 rings (SSSR count). The lowest BCUT2D eigenvalue weighted by Gasteiger charge is -2.31. The van der Waals surface area contributed by atoms with Crippen LogP contribution in [0, 0.1) is 5.92 Å². The molecule has 1 fully saturated rings. The smallest absolute Gasteiger partial charge is 0.218 e. The Morgan fingerprint density at radius 1 is 1.26 bits per heavy atom. The van der Waals surface area contributed by atoms with Crippen molar-refractivity contribution in [3.05, 3.63) is 35.9 Å². The van der Waals surface area contributed by atoms with Gasteiger partial charge in [0.2, 0.25) is 10.0 Å². The van der Waals surface area contributed by atoms with Crippen molar-refractivity contribution in [1.82, 2.24) is 4.31 Å². The quantitative estimate of drug-likeness (QED) is 0.893. The molecule has 1 aromatic rings. The molecular weight excluding hydrogens is 262 g/mol. The molecule has 0 aromatic heterocycles. The minimum absolute atomic E-state index is 0.0691. The first kappa shape index (κ1) is 14.5. The van der Waals surface area contributed by atoms with Crippen LogP contribution >= 0.6 is 0 Å². The first-order valence-electron chi connectivity index (χ1n) is 6.74. The Morgan fingerprint density at radius 2 is 2.00 bits per heavy atom. The van der Waals surface area contributed by atoms with Crippen molar-refractivity contribution >= 4 is 10.0 Å². The second kappa shape index (κ2) is 6.50. The fraction of sp³-hybridized carbons (Fsp3) is 0.571. The van der Waals surface area contributed by atoms with Gasteiger partial charge in [0.1, 0.15) is 0 Å². The van der Waals surface area contributed by atoms with E-state index in [4.69, 9.17) is 5.11 Å². The van der Waals surface area contributed by atoms with Gasteiger partial charge in [0.15, 0.2) is 0 Å². The highest BCUT2D eigenvalue weighted by Crippen LogP contribution is 2.23. The summed E-state index contributed by atoms with van der Waals surface area (Å²) in [5, 5.41) is 8.97. The number of sulfonamides is 1. The summed E-state index contributed by atoms with van der Waals surface area (Å²) in [5.41, 5.74) is 0.826. The average Bonchev–Trinajstić information content (AvgIpc) is 2.40. The molecule has 106 valence electrons. The molecule has 0 saturated carbocycles. The Labute approximate surface area is 115 Å². The lowest BCUT2D eigenvalue weighted by atomic mass is 9.97. The highest BCUT2D eigenvalue weighted by molar-refractivity contribution is 7.88. The van der Waals surface area contributed by atoms with Gasteiger partial charge in [0.05, 0.1) is 5.75 Å². The first-order valence-corrected chi connectivity index (χ1v) is 8.35. The SMILES string of the molecule is O=S(=O)(Cc1ccccc1)N1CCCC(CCO)C1. The van der Waals surface area contributed by atoms with E-state index in [1.54, 1.807) is 4.31 Å². The molecular formula is C14H21NO3S. The van der Waals surface area contributed by atoms with Crippen molar-refractivity contribution in [3.8, 4) is 0 Å². The van der Waals surface area contributed by atoms with E-state index in [9.17, 15) is 8.42 Å². The van der Waals surface area contributed by atoms with Crippen LogP contribution in [0.3, 0.4) is 0 Å². The first-order chi connectivity index (χ1) is 9.12. The molecule has 1 aliphatic heterocycles. The third-order valence-corrected chi connectivity index (χ3v) is 5.42. The molecule has 5 heteroatoms. The van der Waals surface area contributed by atoms with Crippen molar-refractivity contribution in [1.29, 1.82) is 0 Å². The zero-order valence-corrected chi connectivity index (χ0v) is 11.8. The molecule has 1 heterocycles. The molecule has 1 N–H and O–H groups in total. The molecule has 1 aromatic carbocycles. The zero-order chi connectivity index (χ0) is 13.7. The van der Waals surface area contributed by atoms with Gasteiger partial charge >= 0.3 is 0 Å². The predicted molar refractivity (Wildman–Crippen MR) is 75.1 cm³/mol. The molecule has 19 heavy (non-hydrogen) atoms. The molecule has 0 spiro atoms. The van der Waals surface area contributed by atoms with Gasteiger partial charge in [-0.2, -0.15) is 0 Å². The van der Waals surface area contributed by atoms with Crippen LogP contribution in [0.2, 0.25) is 0 Å².